The van der Waals surface area contributed by atoms with Gasteiger partial charge in [-0.3, -0.25) is 4.79 Å². The van der Waals surface area contributed by atoms with Crippen LogP contribution in [-0.2, 0) is 20.9 Å². The smallest absolute Gasteiger partial charge is 0.146 e. The number of ketones is 1. The SMILES string of the molecule is CC1C(=O)CC(OCC2CC(C)(C)O2)N2CC=c3cc(OCc4ccccc4)ccc3=C12. The molecule has 0 N–H and O–H groups in total. The quantitative estimate of drug-likeness (QED) is 0.701. The Morgan fingerprint density at radius 2 is 1.94 bits per heavy atom. The zero-order valence-electron chi connectivity index (χ0n) is 19.0. The Labute approximate surface area is 189 Å². The van der Waals surface area contributed by atoms with E-state index in [1.54, 1.807) is 0 Å². The Hall–Kier alpha value is -2.63. The van der Waals surface area contributed by atoms with E-state index in [0.29, 0.717) is 19.6 Å². The van der Waals surface area contributed by atoms with E-state index in [4.69, 9.17) is 14.2 Å². The van der Waals surface area contributed by atoms with Crippen LogP contribution in [0.3, 0.4) is 0 Å². The summed E-state index contributed by atoms with van der Waals surface area (Å²) < 4.78 is 18.1. The largest absolute Gasteiger partial charge is 0.489 e. The lowest BCUT2D eigenvalue weighted by Gasteiger charge is -2.46. The topological polar surface area (TPSA) is 48.0 Å². The molecule has 3 aliphatic heterocycles. The van der Waals surface area contributed by atoms with Gasteiger partial charge in [0.25, 0.3) is 0 Å². The van der Waals surface area contributed by atoms with Crippen LogP contribution in [0.1, 0.15) is 39.2 Å². The maximum absolute atomic E-state index is 12.8. The summed E-state index contributed by atoms with van der Waals surface area (Å²) in [5, 5.41) is 2.21. The van der Waals surface area contributed by atoms with E-state index in [1.807, 2.05) is 31.2 Å². The van der Waals surface area contributed by atoms with E-state index in [2.05, 4.69) is 49.1 Å². The average Bonchev–Trinajstić information content (AvgIpc) is 2.77. The van der Waals surface area contributed by atoms with Crippen molar-refractivity contribution in [1.82, 2.24) is 4.90 Å². The highest BCUT2D eigenvalue weighted by molar-refractivity contribution is 5.91. The van der Waals surface area contributed by atoms with Gasteiger partial charge in [-0.05, 0) is 49.8 Å². The third-order valence-corrected chi connectivity index (χ3v) is 6.66. The third kappa shape index (κ3) is 4.19. The van der Waals surface area contributed by atoms with Crippen molar-refractivity contribution in [3.8, 4) is 5.75 Å². The molecule has 2 fully saturated rings. The zero-order valence-corrected chi connectivity index (χ0v) is 19.0. The Balaban J connectivity index is 1.35. The van der Waals surface area contributed by atoms with E-state index in [1.165, 1.54) is 0 Å². The molecule has 0 aromatic heterocycles. The van der Waals surface area contributed by atoms with Crippen molar-refractivity contribution in [1.29, 1.82) is 0 Å². The second-order valence-electron chi connectivity index (χ2n) is 9.65. The van der Waals surface area contributed by atoms with Crippen LogP contribution in [0.25, 0.3) is 11.8 Å². The van der Waals surface area contributed by atoms with Gasteiger partial charge < -0.3 is 19.1 Å². The van der Waals surface area contributed by atoms with Crippen molar-refractivity contribution in [2.45, 2.75) is 58.2 Å². The molecule has 2 aromatic rings. The molecule has 0 bridgehead atoms. The van der Waals surface area contributed by atoms with Crippen LogP contribution in [0.5, 0.6) is 5.75 Å². The molecule has 0 radical (unpaired) electrons. The summed E-state index contributed by atoms with van der Waals surface area (Å²) in [5.74, 6) is 0.927. The number of hydrogen-bond donors (Lipinski definition) is 0. The molecule has 3 heterocycles. The molecule has 32 heavy (non-hydrogen) atoms. The lowest BCUT2D eigenvalue weighted by atomic mass is 9.89. The van der Waals surface area contributed by atoms with Crippen molar-refractivity contribution in [2.75, 3.05) is 13.2 Å². The van der Waals surface area contributed by atoms with Crippen LogP contribution >= 0.6 is 0 Å². The number of piperidine rings is 1. The van der Waals surface area contributed by atoms with Crippen molar-refractivity contribution >= 4 is 17.6 Å². The van der Waals surface area contributed by atoms with Gasteiger partial charge in [0, 0.05) is 23.9 Å². The molecule has 0 saturated carbocycles. The molecule has 5 nitrogen and oxygen atoms in total. The van der Waals surface area contributed by atoms with E-state index in [9.17, 15) is 4.79 Å². The van der Waals surface area contributed by atoms with Crippen LogP contribution in [0.2, 0.25) is 0 Å². The predicted molar refractivity (Wildman–Crippen MR) is 123 cm³/mol. The molecule has 2 aromatic carbocycles. The van der Waals surface area contributed by atoms with E-state index in [0.717, 1.165) is 40.4 Å². The van der Waals surface area contributed by atoms with E-state index >= 15 is 0 Å². The molecule has 0 spiro atoms. The second kappa shape index (κ2) is 8.38. The summed E-state index contributed by atoms with van der Waals surface area (Å²) in [6, 6.07) is 16.3. The monoisotopic (exact) mass is 433 g/mol. The standard InChI is InChI=1S/C27H31NO4/c1-18-24(29)14-25(31-17-22-15-27(2,3)32-22)28-12-11-20-13-21(9-10-23(20)26(18)28)30-16-19-7-5-4-6-8-19/h4-11,13,18,22,25H,12,14-17H2,1-3H3. The Morgan fingerprint density at radius 1 is 1.16 bits per heavy atom. The molecular formula is C27H31NO4. The van der Waals surface area contributed by atoms with Crippen LogP contribution in [0, 0.1) is 5.92 Å². The van der Waals surface area contributed by atoms with Gasteiger partial charge in [0.15, 0.2) is 0 Å². The first-order chi connectivity index (χ1) is 15.4. The Bertz CT molecular complexity index is 1120. The van der Waals surface area contributed by atoms with Crippen LogP contribution < -0.4 is 15.2 Å². The van der Waals surface area contributed by atoms with Gasteiger partial charge in [0.1, 0.15) is 24.4 Å². The first kappa shape index (κ1) is 21.2. The number of nitrogens with zero attached hydrogens (tertiary/aromatic N) is 1. The highest BCUT2D eigenvalue weighted by atomic mass is 16.6. The van der Waals surface area contributed by atoms with Gasteiger partial charge in [0.2, 0.25) is 0 Å². The minimum atomic E-state index is -0.237. The molecule has 0 aliphatic carbocycles. The van der Waals surface area contributed by atoms with Crippen LogP contribution in [-0.4, -0.2) is 41.8 Å². The number of carbonyl (C=O) groups excluding carboxylic acids is 1. The minimum absolute atomic E-state index is 0.0552. The van der Waals surface area contributed by atoms with Crippen LogP contribution in [0.4, 0.5) is 0 Å². The maximum Gasteiger partial charge on any atom is 0.146 e. The molecule has 5 rings (SSSR count). The van der Waals surface area contributed by atoms with Crippen molar-refractivity contribution in [3.05, 3.63) is 64.5 Å². The summed E-state index contributed by atoms with van der Waals surface area (Å²) in [6.45, 7) is 7.98. The minimum Gasteiger partial charge on any atom is -0.489 e. The van der Waals surface area contributed by atoms with Crippen molar-refractivity contribution < 1.29 is 19.0 Å². The highest BCUT2D eigenvalue weighted by Gasteiger charge is 2.40. The number of hydrogen-bond acceptors (Lipinski definition) is 5. The molecule has 3 aliphatic rings. The molecule has 168 valence electrons. The summed E-state index contributed by atoms with van der Waals surface area (Å²) >= 11 is 0. The fraction of sp³-hybridized carbons (Fsp3) is 0.444. The Kier molecular flexibility index (Phi) is 5.56. The fourth-order valence-electron chi connectivity index (χ4n) is 5.04. The molecular weight excluding hydrogens is 402 g/mol. The number of fused-ring (bicyclic) bond motifs is 2. The van der Waals surface area contributed by atoms with Gasteiger partial charge in [0.05, 0.1) is 30.7 Å². The number of carbonyl (C=O) groups is 1. The van der Waals surface area contributed by atoms with E-state index in [-0.39, 0.29) is 29.6 Å². The van der Waals surface area contributed by atoms with Crippen LogP contribution in [0.15, 0.2) is 48.5 Å². The molecule has 3 unspecified atom stereocenters. The summed E-state index contributed by atoms with van der Waals surface area (Å²) in [4.78, 5) is 15.1. The van der Waals surface area contributed by atoms with Gasteiger partial charge in [-0.25, -0.2) is 0 Å². The normalized spacial score (nSPS) is 26.0. The average molecular weight is 434 g/mol. The summed E-state index contributed by atoms with van der Waals surface area (Å²) in [6.07, 6.45) is 3.49. The third-order valence-electron chi connectivity index (χ3n) is 6.66. The lowest BCUT2D eigenvalue weighted by molar-refractivity contribution is -0.216. The summed E-state index contributed by atoms with van der Waals surface area (Å²) in [7, 11) is 0. The van der Waals surface area contributed by atoms with Crippen molar-refractivity contribution in [2.24, 2.45) is 5.92 Å². The number of Topliss-reactive ketones (excluding diaryl/α,β-unsaturated/α-hetero) is 1. The first-order valence-electron chi connectivity index (χ1n) is 11.5. The van der Waals surface area contributed by atoms with Crippen molar-refractivity contribution in [3.63, 3.8) is 0 Å². The first-order valence-corrected chi connectivity index (χ1v) is 11.5. The highest BCUT2D eigenvalue weighted by Crippen LogP contribution is 2.34. The number of benzene rings is 2. The van der Waals surface area contributed by atoms with Gasteiger partial charge >= 0.3 is 0 Å². The Morgan fingerprint density at radius 3 is 2.69 bits per heavy atom. The van der Waals surface area contributed by atoms with Gasteiger partial charge in [-0.2, -0.15) is 0 Å². The number of ether oxygens (including phenoxy) is 3. The molecule has 2 saturated heterocycles. The zero-order chi connectivity index (χ0) is 22.3. The van der Waals surface area contributed by atoms with E-state index < -0.39 is 0 Å². The molecule has 3 atom stereocenters. The van der Waals surface area contributed by atoms with Gasteiger partial charge in [-0.1, -0.05) is 36.4 Å². The summed E-state index contributed by atoms with van der Waals surface area (Å²) in [5.41, 5.74) is 2.15. The molecule has 5 heteroatoms. The molecule has 0 amide bonds. The maximum atomic E-state index is 12.8. The lowest BCUT2D eigenvalue weighted by Crippen LogP contribution is -2.54. The fourth-order valence-corrected chi connectivity index (χ4v) is 5.04. The predicted octanol–water partition coefficient (Wildman–Crippen LogP) is 2.99. The van der Waals surface area contributed by atoms with Gasteiger partial charge in [-0.15, -0.1) is 0 Å². The second-order valence-corrected chi connectivity index (χ2v) is 9.65. The number of rotatable bonds is 6.